The molecule has 1 saturated heterocycles. The van der Waals surface area contributed by atoms with Crippen LogP contribution >= 0.6 is 12.4 Å². The Balaban J connectivity index is 0.00000192. The molecule has 1 heterocycles. The monoisotopic (exact) mass is 330 g/mol. The second-order valence-electron chi connectivity index (χ2n) is 6.36. The van der Waals surface area contributed by atoms with Crippen molar-refractivity contribution in [3.05, 3.63) is 60.2 Å². The molecule has 0 radical (unpaired) electrons. The second kappa shape index (κ2) is 9.07. The Bertz CT molecular complexity index is 566. The van der Waals surface area contributed by atoms with Crippen LogP contribution in [0.1, 0.15) is 18.4 Å². The molecular formula is C20H27ClN2. The van der Waals surface area contributed by atoms with Crippen molar-refractivity contribution in [3.8, 4) is 11.1 Å². The van der Waals surface area contributed by atoms with E-state index in [1.165, 1.54) is 42.6 Å². The predicted molar refractivity (Wildman–Crippen MR) is 101 cm³/mol. The highest BCUT2D eigenvalue weighted by atomic mass is 35.5. The smallest absolute Gasteiger partial charge is 0.0233 e. The van der Waals surface area contributed by atoms with Crippen molar-refractivity contribution in [2.24, 2.45) is 5.92 Å². The Morgan fingerprint density at radius 1 is 1.00 bits per heavy atom. The molecule has 1 atom stereocenters. The van der Waals surface area contributed by atoms with Crippen molar-refractivity contribution in [2.45, 2.75) is 19.4 Å². The summed E-state index contributed by atoms with van der Waals surface area (Å²) in [4.78, 5) is 2.60. The molecule has 2 aromatic carbocycles. The van der Waals surface area contributed by atoms with E-state index in [2.05, 4.69) is 71.9 Å². The zero-order chi connectivity index (χ0) is 15.2. The third kappa shape index (κ3) is 5.07. The van der Waals surface area contributed by atoms with Crippen LogP contribution in [0.25, 0.3) is 11.1 Å². The van der Waals surface area contributed by atoms with Crippen molar-refractivity contribution >= 4 is 12.4 Å². The SMILES string of the molecule is CNCC1CCCN(Cc2ccc(-c3ccccc3)cc2)C1.Cl. The summed E-state index contributed by atoms with van der Waals surface area (Å²) in [7, 11) is 2.06. The number of benzene rings is 2. The van der Waals surface area contributed by atoms with E-state index in [-0.39, 0.29) is 12.4 Å². The quantitative estimate of drug-likeness (QED) is 0.883. The van der Waals surface area contributed by atoms with Crippen LogP contribution in [0, 0.1) is 5.92 Å². The minimum Gasteiger partial charge on any atom is -0.319 e. The first-order valence-corrected chi connectivity index (χ1v) is 8.36. The van der Waals surface area contributed by atoms with E-state index in [9.17, 15) is 0 Å². The van der Waals surface area contributed by atoms with Gasteiger partial charge in [0.05, 0.1) is 0 Å². The minimum atomic E-state index is 0. The molecule has 2 aromatic rings. The van der Waals surface area contributed by atoms with E-state index in [1.54, 1.807) is 0 Å². The first-order valence-electron chi connectivity index (χ1n) is 8.36. The molecule has 23 heavy (non-hydrogen) atoms. The van der Waals surface area contributed by atoms with E-state index >= 15 is 0 Å². The van der Waals surface area contributed by atoms with Crippen LogP contribution in [0.15, 0.2) is 54.6 Å². The van der Waals surface area contributed by atoms with Crippen LogP contribution in [0.3, 0.4) is 0 Å². The first kappa shape index (κ1) is 18.0. The molecule has 3 heteroatoms. The molecule has 1 aliphatic rings. The standard InChI is InChI=1S/C20H26N2.ClH/c1-21-14-18-6-5-13-22(16-18)15-17-9-11-20(12-10-17)19-7-3-2-4-8-19;/h2-4,7-12,18,21H,5-6,13-16H2,1H3;1H. The summed E-state index contributed by atoms with van der Waals surface area (Å²) in [6, 6.07) is 19.7. The van der Waals surface area contributed by atoms with Gasteiger partial charge in [0.15, 0.2) is 0 Å². The van der Waals surface area contributed by atoms with Crippen molar-refractivity contribution in [3.63, 3.8) is 0 Å². The van der Waals surface area contributed by atoms with Gasteiger partial charge >= 0.3 is 0 Å². The molecule has 3 rings (SSSR count). The highest BCUT2D eigenvalue weighted by Gasteiger charge is 2.19. The number of likely N-dealkylation sites (tertiary alicyclic amines) is 1. The van der Waals surface area contributed by atoms with Crippen LogP contribution in [0.4, 0.5) is 0 Å². The Morgan fingerprint density at radius 3 is 2.39 bits per heavy atom. The number of halogens is 1. The second-order valence-corrected chi connectivity index (χ2v) is 6.36. The van der Waals surface area contributed by atoms with E-state index in [0.717, 1.165) is 19.0 Å². The molecule has 0 aromatic heterocycles. The molecule has 0 amide bonds. The van der Waals surface area contributed by atoms with E-state index in [4.69, 9.17) is 0 Å². The summed E-state index contributed by atoms with van der Waals surface area (Å²) >= 11 is 0. The number of piperidine rings is 1. The zero-order valence-electron chi connectivity index (χ0n) is 13.9. The Kier molecular flexibility index (Phi) is 7.10. The molecule has 1 fully saturated rings. The van der Waals surface area contributed by atoms with Gasteiger partial charge in [0, 0.05) is 13.1 Å². The molecule has 1 N–H and O–H groups in total. The van der Waals surface area contributed by atoms with Gasteiger partial charge in [0.2, 0.25) is 0 Å². The molecule has 0 bridgehead atoms. The first-order chi connectivity index (χ1) is 10.8. The summed E-state index contributed by atoms with van der Waals surface area (Å²) in [6.45, 7) is 4.68. The molecule has 0 aliphatic carbocycles. The molecule has 0 saturated carbocycles. The maximum absolute atomic E-state index is 3.32. The van der Waals surface area contributed by atoms with Gasteiger partial charge in [-0.25, -0.2) is 0 Å². The molecule has 124 valence electrons. The minimum absolute atomic E-state index is 0. The lowest BCUT2D eigenvalue weighted by Gasteiger charge is -2.32. The average molecular weight is 331 g/mol. The van der Waals surface area contributed by atoms with Crippen LogP contribution in [0.2, 0.25) is 0 Å². The topological polar surface area (TPSA) is 15.3 Å². The van der Waals surface area contributed by atoms with Gasteiger partial charge in [-0.15, -0.1) is 12.4 Å². The summed E-state index contributed by atoms with van der Waals surface area (Å²) in [5.74, 6) is 0.808. The summed E-state index contributed by atoms with van der Waals surface area (Å²) < 4.78 is 0. The normalized spacial score (nSPS) is 18.4. The van der Waals surface area contributed by atoms with Crippen LogP contribution in [0.5, 0.6) is 0 Å². The lowest BCUT2D eigenvalue weighted by Crippen LogP contribution is -2.38. The summed E-state index contributed by atoms with van der Waals surface area (Å²) in [6.07, 6.45) is 2.69. The van der Waals surface area contributed by atoms with Crippen molar-refractivity contribution in [2.75, 3.05) is 26.7 Å². The average Bonchev–Trinajstić information content (AvgIpc) is 2.57. The van der Waals surface area contributed by atoms with Crippen LogP contribution in [-0.2, 0) is 6.54 Å². The Labute approximate surface area is 146 Å². The summed E-state index contributed by atoms with van der Waals surface area (Å²) in [5.41, 5.74) is 4.02. The maximum atomic E-state index is 3.32. The van der Waals surface area contributed by atoms with E-state index < -0.39 is 0 Å². The number of nitrogens with one attached hydrogen (secondary N) is 1. The maximum Gasteiger partial charge on any atom is 0.0233 e. The van der Waals surface area contributed by atoms with Gasteiger partial charge in [0.25, 0.3) is 0 Å². The van der Waals surface area contributed by atoms with Gasteiger partial charge < -0.3 is 5.32 Å². The Hall–Kier alpha value is -1.35. The van der Waals surface area contributed by atoms with Crippen LogP contribution < -0.4 is 5.32 Å². The fourth-order valence-electron chi connectivity index (χ4n) is 3.44. The highest BCUT2D eigenvalue weighted by Crippen LogP contribution is 2.21. The van der Waals surface area contributed by atoms with E-state index in [0.29, 0.717) is 0 Å². The fraction of sp³-hybridized carbons (Fsp3) is 0.400. The number of hydrogen-bond acceptors (Lipinski definition) is 2. The third-order valence-electron chi connectivity index (χ3n) is 4.56. The number of hydrogen-bond donors (Lipinski definition) is 1. The molecule has 1 unspecified atom stereocenters. The van der Waals surface area contributed by atoms with Crippen molar-refractivity contribution < 1.29 is 0 Å². The van der Waals surface area contributed by atoms with Gasteiger partial charge in [-0.2, -0.15) is 0 Å². The zero-order valence-corrected chi connectivity index (χ0v) is 14.7. The third-order valence-corrected chi connectivity index (χ3v) is 4.56. The number of rotatable bonds is 5. The summed E-state index contributed by atoms with van der Waals surface area (Å²) in [5, 5.41) is 3.32. The van der Waals surface area contributed by atoms with Gasteiger partial charge in [-0.1, -0.05) is 54.6 Å². The lowest BCUT2D eigenvalue weighted by atomic mass is 9.97. The largest absolute Gasteiger partial charge is 0.319 e. The van der Waals surface area contributed by atoms with Gasteiger partial charge in [0.1, 0.15) is 0 Å². The van der Waals surface area contributed by atoms with Crippen molar-refractivity contribution in [1.29, 1.82) is 0 Å². The molecular weight excluding hydrogens is 304 g/mol. The lowest BCUT2D eigenvalue weighted by molar-refractivity contribution is 0.167. The Morgan fingerprint density at radius 2 is 1.70 bits per heavy atom. The van der Waals surface area contributed by atoms with Gasteiger partial charge in [-0.05, 0) is 55.6 Å². The van der Waals surface area contributed by atoms with Crippen LogP contribution in [-0.4, -0.2) is 31.6 Å². The number of nitrogens with zero attached hydrogens (tertiary/aromatic N) is 1. The molecule has 1 aliphatic heterocycles. The van der Waals surface area contributed by atoms with Gasteiger partial charge in [-0.3, -0.25) is 4.90 Å². The fourth-order valence-corrected chi connectivity index (χ4v) is 3.44. The van der Waals surface area contributed by atoms with E-state index in [1.807, 2.05) is 0 Å². The predicted octanol–water partition coefficient (Wildman–Crippen LogP) is 4.21. The molecule has 2 nitrogen and oxygen atoms in total. The van der Waals surface area contributed by atoms with Crippen molar-refractivity contribution in [1.82, 2.24) is 10.2 Å². The molecule has 0 spiro atoms. The highest BCUT2D eigenvalue weighted by molar-refractivity contribution is 5.85.